The highest BCUT2D eigenvalue weighted by Gasteiger charge is 2.16. The highest BCUT2D eigenvalue weighted by atomic mass is 19.1. The highest BCUT2D eigenvalue weighted by Crippen LogP contribution is 2.29. The van der Waals surface area contributed by atoms with Crippen LogP contribution in [-0.2, 0) is 0 Å². The smallest absolute Gasteiger partial charge is 0.222 e. The van der Waals surface area contributed by atoms with Crippen LogP contribution in [0.5, 0.6) is 0 Å². The summed E-state index contributed by atoms with van der Waals surface area (Å²) >= 11 is 0. The van der Waals surface area contributed by atoms with Gasteiger partial charge in [0.05, 0.1) is 11.3 Å². The molecular weight excluding hydrogens is 343 g/mol. The van der Waals surface area contributed by atoms with Gasteiger partial charge in [0.25, 0.3) is 0 Å². The Balaban J connectivity index is 1.81. The quantitative estimate of drug-likeness (QED) is 0.743. The van der Waals surface area contributed by atoms with Gasteiger partial charge in [0, 0.05) is 24.8 Å². The SMILES string of the molecule is CC(=O)c1cc(-c2cnc(NCCN3CCCC3)nc2C(C)C)ccc1F. The number of nitrogens with zero attached hydrogens (tertiary/aromatic N) is 3. The Labute approximate surface area is 160 Å². The first-order valence-corrected chi connectivity index (χ1v) is 9.59. The fourth-order valence-electron chi connectivity index (χ4n) is 3.44. The summed E-state index contributed by atoms with van der Waals surface area (Å²) < 4.78 is 13.9. The van der Waals surface area contributed by atoms with Crippen molar-refractivity contribution < 1.29 is 9.18 Å². The van der Waals surface area contributed by atoms with Crippen LogP contribution in [0.4, 0.5) is 10.3 Å². The van der Waals surface area contributed by atoms with E-state index >= 15 is 0 Å². The average Bonchev–Trinajstić information content (AvgIpc) is 3.15. The molecule has 0 atom stereocenters. The minimum atomic E-state index is -0.501. The minimum absolute atomic E-state index is 0.0926. The van der Waals surface area contributed by atoms with Crippen molar-refractivity contribution in [3.8, 4) is 11.1 Å². The van der Waals surface area contributed by atoms with Crippen molar-refractivity contribution in [3.05, 3.63) is 41.5 Å². The molecule has 0 aliphatic carbocycles. The number of likely N-dealkylation sites (tertiary alicyclic amines) is 1. The maximum atomic E-state index is 13.9. The number of Topliss-reactive ketones (excluding diaryl/α,β-unsaturated/α-hetero) is 1. The number of rotatable bonds is 7. The molecule has 1 aromatic carbocycles. The molecule has 0 bridgehead atoms. The third-order valence-electron chi connectivity index (χ3n) is 4.93. The second kappa shape index (κ2) is 8.57. The largest absolute Gasteiger partial charge is 0.353 e. The maximum Gasteiger partial charge on any atom is 0.222 e. The summed E-state index contributed by atoms with van der Waals surface area (Å²) in [5, 5.41) is 3.31. The van der Waals surface area contributed by atoms with Crippen LogP contribution in [0.1, 0.15) is 55.6 Å². The van der Waals surface area contributed by atoms with Gasteiger partial charge in [-0.05, 0) is 56.5 Å². The number of hydrogen-bond acceptors (Lipinski definition) is 5. The average molecular weight is 370 g/mol. The number of anilines is 1. The molecule has 1 aliphatic rings. The van der Waals surface area contributed by atoms with E-state index in [1.54, 1.807) is 18.3 Å². The molecule has 1 N–H and O–H groups in total. The lowest BCUT2D eigenvalue weighted by molar-refractivity contribution is 0.101. The van der Waals surface area contributed by atoms with Gasteiger partial charge in [-0.15, -0.1) is 0 Å². The van der Waals surface area contributed by atoms with E-state index < -0.39 is 5.82 Å². The van der Waals surface area contributed by atoms with Gasteiger partial charge in [-0.25, -0.2) is 14.4 Å². The number of benzene rings is 1. The Bertz CT molecular complexity index is 816. The second-order valence-corrected chi connectivity index (χ2v) is 7.37. The van der Waals surface area contributed by atoms with E-state index in [9.17, 15) is 9.18 Å². The third-order valence-corrected chi connectivity index (χ3v) is 4.93. The first-order valence-electron chi connectivity index (χ1n) is 9.59. The molecule has 0 saturated carbocycles. The summed E-state index contributed by atoms with van der Waals surface area (Å²) in [4.78, 5) is 23.2. The van der Waals surface area contributed by atoms with E-state index in [-0.39, 0.29) is 17.3 Å². The van der Waals surface area contributed by atoms with Crippen LogP contribution < -0.4 is 5.32 Å². The number of carbonyl (C=O) groups is 1. The highest BCUT2D eigenvalue weighted by molar-refractivity contribution is 5.95. The number of ketones is 1. The number of aromatic nitrogens is 2. The minimum Gasteiger partial charge on any atom is -0.353 e. The summed E-state index contributed by atoms with van der Waals surface area (Å²) in [6, 6.07) is 4.59. The van der Waals surface area contributed by atoms with E-state index in [1.165, 1.54) is 38.9 Å². The van der Waals surface area contributed by atoms with Gasteiger partial charge in [0.1, 0.15) is 5.82 Å². The Morgan fingerprint density at radius 1 is 1.30 bits per heavy atom. The predicted octanol–water partition coefficient (Wildman–Crippen LogP) is 4.12. The van der Waals surface area contributed by atoms with Crippen LogP contribution in [0.25, 0.3) is 11.1 Å². The van der Waals surface area contributed by atoms with Gasteiger partial charge in [-0.3, -0.25) is 4.79 Å². The zero-order valence-electron chi connectivity index (χ0n) is 16.3. The molecule has 3 rings (SSSR count). The summed E-state index contributed by atoms with van der Waals surface area (Å²) in [7, 11) is 0. The van der Waals surface area contributed by atoms with Crippen LogP contribution in [0.3, 0.4) is 0 Å². The molecule has 1 fully saturated rings. The van der Waals surface area contributed by atoms with Crippen molar-refractivity contribution in [2.75, 3.05) is 31.5 Å². The number of nitrogens with one attached hydrogen (secondary N) is 1. The molecule has 1 aromatic heterocycles. The molecule has 0 amide bonds. The predicted molar refractivity (Wildman–Crippen MR) is 106 cm³/mol. The van der Waals surface area contributed by atoms with Crippen molar-refractivity contribution in [2.24, 2.45) is 0 Å². The second-order valence-electron chi connectivity index (χ2n) is 7.37. The summed E-state index contributed by atoms with van der Waals surface area (Å²) in [5.74, 6) is -0.0106. The fourth-order valence-corrected chi connectivity index (χ4v) is 3.44. The Kier molecular flexibility index (Phi) is 6.16. The van der Waals surface area contributed by atoms with Crippen molar-refractivity contribution in [2.45, 2.75) is 39.5 Å². The molecule has 1 aliphatic heterocycles. The molecule has 2 aromatic rings. The van der Waals surface area contributed by atoms with Crippen LogP contribution in [-0.4, -0.2) is 46.8 Å². The lowest BCUT2D eigenvalue weighted by atomic mass is 9.97. The first-order chi connectivity index (χ1) is 13.0. The zero-order chi connectivity index (χ0) is 19.4. The number of halogens is 1. The van der Waals surface area contributed by atoms with E-state index in [2.05, 4.69) is 29.0 Å². The zero-order valence-corrected chi connectivity index (χ0v) is 16.3. The van der Waals surface area contributed by atoms with Crippen molar-refractivity contribution in [1.82, 2.24) is 14.9 Å². The number of hydrogen-bond donors (Lipinski definition) is 1. The summed E-state index contributed by atoms with van der Waals surface area (Å²) in [5.41, 5.74) is 2.57. The van der Waals surface area contributed by atoms with E-state index in [1.807, 2.05) is 0 Å². The molecule has 5 nitrogen and oxygen atoms in total. The van der Waals surface area contributed by atoms with Gasteiger partial charge in [0.2, 0.25) is 5.95 Å². The topological polar surface area (TPSA) is 58.1 Å². The van der Waals surface area contributed by atoms with E-state index in [4.69, 9.17) is 4.98 Å². The fraction of sp³-hybridized carbons (Fsp3) is 0.476. The van der Waals surface area contributed by atoms with Gasteiger partial charge < -0.3 is 10.2 Å². The van der Waals surface area contributed by atoms with Crippen LogP contribution in [0, 0.1) is 5.82 Å². The molecule has 0 unspecified atom stereocenters. The lowest BCUT2D eigenvalue weighted by Gasteiger charge is -2.17. The monoisotopic (exact) mass is 370 g/mol. The van der Waals surface area contributed by atoms with E-state index in [0.717, 1.165) is 29.9 Å². The van der Waals surface area contributed by atoms with Gasteiger partial charge in [-0.2, -0.15) is 0 Å². The van der Waals surface area contributed by atoms with E-state index in [0.29, 0.717) is 5.95 Å². The Morgan fingerprint density at radius 3 is 2.70 bits per heavy atom. The maximum absolute atomic E-state index is 13.9. The summed E-state index contributed by atoms with van der Waals surface area (Å²) in [6.45, 7) is 9.63. The number of carbonyl (C=O) groups excluding carboxylic acids is 1. The summed E-state index contributed by atoms with van der Waals surface area (Å²) in [6.07, 6.45) is 4.32. The van der Waals surface area contributed by atoms with Gasteiger partial charge in [-0.1, -0.05) is 19.9 Å². The van der Waals surface area contributed by atoms with Crippen molar-refractivity contribution >= 4 is 11.7 Å². The molecule has 6 heteroatoms. The van der Waals surface area contributed by atoms with Crippen molar-refractivity contribution in [1.29, 1.82) is 0 Å². The molecule has 0 radical (unpaired) electrons. The lowest BCUT2D eigenvalue weighted by Crippen LogP contribution is -2.26. The van der Waals surface area contributed by atoms with Crippen molar-refractivity contribution in [3.63, 3.8) is 0 Å². The van der Waals surface area contributed by atoms with Gasteiger partial charge in [0.15, 0.2) is 5.78 Å². The standard InChI is InChI=1S/C21H27FN4O/c1-14(2)20-18(16-6-7-19(22)17(12-16)15(3)27)13-24-21(25-20)23-8-11-26-9-4-5-10-26/h6-7,12-14H,4-5,8-11H2,1-3H3,(H,23,24,25). The third kappa shape index (κ3) is 4.69. The van der Waals surface area contributed by atoms with Gasteiger partial charge >= 0.3 is 0 Å². The van der Waals surface area contributed by atoms with Crippen LogP contribution >= 0.6 is 0 Å². The molecule has 0 spiro atoms. The molecular formula is C21H27FN4O. The normalized spacial score (nSPS) is 14.7. The van der Waals surface area contributed by atoms with Crippen LogP contribution in [0.15, 0.2) is 24.4 Å². The molecule has 2 heterocycles. The van der Waals surface area contributed by atoms with Crippen LogP contribution in [0.2, 0.25) is 0 Å². The first kappa shape index (κ1) is 19.4. The Hall–Kier alpha value is -2.34. The molecule has 1 saturated heterocycles. The Morgan fingerprint density at radius 2 is 2.04 bits per heavy atom. The molecule has 144 valence electrons. The molecule has 27 heavy (non-hydrogen) atoms.